The molecule has 0 heterocycles. The van der Waals surface area contributed by atoms with Gasteiger partial charge in [0.1, 0.15) is 0 Å². The molecule has 0 radical (unpaired) electrons. The van der Waals surface area contributed by atoms with Gasteiger partial charge < -0.3 is 20.3 Å². The molecular weight excluding hydrogens is 230 g/mol. The first-order chi connectivity index (χ1) is 8.63. The molecule has 0 saturated carbocycles. The van der Waals surface area contributed by atoms with Crippen LogP contribution in [-0.4, -0.2) is 31.2 Å². The summed E-state index contributed by atoms with van der Waals surface area (Å²) < 4.78 is 11.3. The number of rotatable bonds is 7. The topological polar surface area (TPSA) is 64.7 Å². The highest BCUT2D eigenvalue weighted by Gasteiger charge is 2.33. The summed E-state index contributed by atoms with van der Waals surface area (Å²) in [6, 6.07) is 0. The predicted octanol–water partition coefficient (Wildman–Crippen LogP) is 1.80. The molecule has 0 aromatic rings. The van der Waals surface area contributed by atoms with E-state index in [2.05, 4.69) is 6.58 Å². The maximum Gasteiger partial charge on any atom is 0.164 e. The summed E-state index contributed by atoms with van der Waals surface area (Å²) in [5.74, 6) is 0.196. The normalized spacial score (nSPS) is 24.1. The van der Waals surface area contributed by atoms with Crippen molar-refractivity contribution in [1.29, 1.82) is 0 Å². The molecule has 0 amide bonds. The molecule has 1 unspecified atom stereocenters. The van der Waals surface area contributed by atoms with E-state index in [0.717, 1.165) is 18.4 Å². The molecule has 0 fully saturated rings. The summed E-state index contributed by atoms with van der Waals surface area (Å²) in [5.41, 5.74) is 7.57. The van der Waals surface area contributed by atoms with E-state index in [1.54, 1.807) is 0 Å². The van der Waals surface area contributed by atoms with Crippen LogP contribution < -0.4 is 5.73 Å². The van der Waals surface area contributed by atoms with Gasteiger partial charge in [0.05, 0.1) is 6.61 Å². The zero-order valence-electron chi connectivity index (χ0n) is 11.4. The van der Waals surface area contributed by atoms with Crippen LogP contribution in [0.2, 0.25) is 0 Å². The van der Waals surface area contributed by atoms with Gasteiger partial charge in [-0.3, -0.25) is 0 Å². The second-order valence-corrected chi connectivity index (χ2v) is 4.56. The highest BCUT2D eigenvalue weighted by molar-refractivity contribution is 5.16. The fraction of sp³-hybridized carbons (Fsp3) is 0.714. The Hall–Kier alpha value is -0.840. The van der Waals surface area contributed by atoms with E-state index in [-0.39, 0.29) is 24.7 Å². The third-order valence-corrected chi connectivity index (χ3v) is 3.32. The lowest BCUT2D eigenvalue weighted by Crippen LogP contribution is -2.36. The Labute approximate surface area is 109 Å². The van der Waals surface area contributed by atoms with Crippen molar-refractivity contribution in [3.05, 3.63) is 23.9 Å². The molecule has 4 heteroatoms. The van der Waals surface area contributed by atoms with E-state index >= 15 is 0 Å². The molecule has 1 aliphatic rings. The third kappa shape index (κ3) is 3.83. The number of aliphatic hydroxyl groups excluding tert-OH is 1. The molecule has 1 rings (SSSR count). The molecule has 0 saturated heterocycles. The molecule has 0 spiro atoms. The van der Waals surface area contributed by atoms with Gasteiger partial charge in [-0.05, 0) is 32.3 Å². The molecule has 104 valence electrons. The van der Waals surface area contributed by atoms with Crippen molar-refractivity contribution in [1.82, 2.24) is 0 Å². The highest BCUT2D eigenvalue weighted by atomic mass is 16.7. The van der Waals surface area contributed by atoms with E-state index in [1.807, 2.05) is 19.9 Å². The Balaban J connectivity index is 2.89. The lowest BCUT2D eigenvalue weighted by atomic mass is 9.79. The molecule has 1 aliphatic carbocycles. The number of aliphatic hydroxyl groups is 1. The number of hydrogen-bond donors (Lipinski definition) is 2. The minimum atomic E-state index is -0.313. The molecule has 4 nitrogen and oxygen atoms in total. The van der Waals surface area contributed by atoms with Gasteiger partial charge in [0.25, 0.3) is 0 Å². The number of nitrogens with two attached hydrogens (primary N) is 1. The van der Waals surface area contributed by atoms with Crippen LogP contribution in [0.4, 0.5) is 0 Å². The summed E-state index contributed by atoms with van der Waals surface area (Å²) in [7, 11) is 0. The molecule has 0 aromatic heterocycles. The average molecular weight is 255 g/mol. The van der Waals surface area contributed by atoms with Crippen molar-refractivity contribution in [2.24, 2.45) is 17.6 Å². The van der Waals surface area contributed by atoms with Crippen molar-refractivity contribution in [2.75, 3.05) is 19.8 Å². The monoisotopic (exact) mass is 255 g/mol. The quantitative estimate of drug-likeness (QED) is 0.538. The van der Waals surface area contributed by atoms with Gasteiger partial charge in [0.15, 0.2) is 6.29 Å². The van der Waals surface area contributed by atoms with Crippen LogP contribution in [0, 0.1) is 11.8 Å². The number of hydrogen-bond acceptors (Lipinski definition) is 4. The minimum Gasteiger partial charge on any atom is -0.402 e. The second kappa shape index (κ2) is 7.56. The average Bonchev–Trinajstić information content (AvgIpc) is 2.37. The SMILES string of the molecule is C=C(N)[C@H]1CCC(CO)=CC1C(OCC)OCC. The minimum absolute atomic E-state index is 0.0401. The molecular formula is C14H25NO3. The maximum atomic E-state index is 9.27. The van der Waals surface area contributed by atoms with Crippen LogP contribution in [0.25, 0.3) is 0 Å². The Bertz CT molecular complexity index is 295. The number of allylic oxidation sites excluding steroid dienone is 1. The van der Waals surface area contributed by atoms with Gasteiger partial charge in [-0.2, -0.15) is 0 Å². The first-order valence-corrected chi connectivity index (χ1v) is 6.61. The maximum absolute atomic E-state index is 9.27. The largest absolute Gasteiger partial charge is 0.402 e. The van der Waals surface area contributed by atoms with Crippen molar-refractivity contribution in [3.8, 4) is 0 Å². The first kappa shape index (κ1) is 15.2. The Morgan fingerprint density at radius 3 is 2.56 bits per heavy atom. The van der Waals surface area contributed by atoms with Crippen LogP contribution in [0.3, 0.4) is 0 Å². The van der Waals surface area contributed by atoms with Crippen molar-refractivity contribution < 1.29 is 14.6 Å². The van der Waals surface area contributed by atoms with Gasteiger partial charge in [0.2, 0.25) is 0 Å². The zero-order chi connectivity index (χ0) is 13.5. The van der Waals surface area contributed by atoms with Gasteiger partial charge in [-0.25, -0.2) is 0 Å². The van der Waals surface area contributed by atoms with Gasteiger partial charge >= 0.3 is 0 Å². The summed E-state index contributed by atoms with van der Waals surface area (Å²) >= 11 is 0. The van der Waals surface area contributed by atoms with Crippen LogP contribution in [0.1, 0.15) is 26.7 Å². The standard InChI is InChI=1S/C14H25NO3/c1-4-17-14(18-5-2)13-8-11(9-16)6-7-12(13)10(3)15/h8,12-14,16H,3-7,9,15H2,1-2H3/t12-,13?/m1/s1. The predicted molar refractivity (Wildman–Crippen MR) is 71.8 cm³/mol. The van der Waals surface area contributed by atoms with E-state index in [9.17, 15) is 5.11 Å². The van der Waals surface area contributed by atoms with Crippen molar-refractivity contribution >= 4 is 0 Å². The van der Waals surface area contributed by atoms with Crippen LogP contribution >= 0.6 is 0 Å². The van der Waals surface area contributed by atoms with E-state index in [4.69, 9.17) is 15.2 Å². The first-order valence-electron chi connectivity index (χ1n) is 6.61. The second-order valence-electron chi connectivity index (χ2n) is 4.56. The smallest absolute Gasteiger partial charge is 0.164 e. The van der Waals surface area contributed by atoms with Gasteiger partial charge in [0, 0.05) is 30.7 Å². The van der Waals surface area contributed by atoms with Crippen molar-refractivity contribution in [2.45, 2.75) is 33.0 Å². The lowest BCUT2D eigenvalue weighted by molar-refractivity contribution is -0.166. The molecule has 0 aromatic carbocycles. The molecule has 18 heavy (non-hydrogen) atoms. The summed E-state index contributed by atoms with van der Waals surface area (Å²) in [5, 5.41) is 9.27. The fourth-order valence-corrected chi connectivity index (χ4v) is 2.44. The van der Waals surface area contributed by atoms with Gasteiger partial charge in [-0.15, -0.1) is 0 Å². The van der Waals surface area contributed by atoms with Crippen LogP contribution in [-0.2, 0) is 9.47 Å². The lowest BCUT2D eigenvalue weighted by Gasteiger charge is -2.35. The zero-order valence-corrected chi connectivity index (χ0v) is 11.4. The Morgan fingerprint density at radius 2 is 2.11 bits per heavy atom. The van der Waals surface area contributed by atoms with E-state index in [0.29, 0.717) is 18.9 Å². The van der Waals surface area contributed by atoms with E-state index in [1.165, 1.54) is 0 Å². The molecule has 0 aliphatic heterocycles. The summed E-state index contributed by atoms with van der Waals surface area (Å²) in [6.07, 6.45) is 3.48. The van der Waals surface area contributed by atoms with Gasteiger partial charge in [-0.1, -0.05) is 12.7 Å². The number of ether oxygens (including phenoxy) is 2. The third-order valence-electron chi connectivity index (χ3n) is 3.32. The molecule has 2 atom stereocenters. The Morgan fingerprint density at radius 1 is 1.50 bits per heavy atom. The van der Waals surface area contributed by atoms with Crippen molar-refractivity contribution in [3.63, 3.8) is 0 Å². The highest BCUT2D eigenvalue weighted by Crippen LogP contribution is 2.35. The molecule has 0 bridgehead atoms. The summed E-state index contributed by atoms with van der Waals surface area (Å²) in [4.78, 5) is 0. The fourth-order valence-electron chi connectivity index (χ4n) is 2.44. The Kier molecular flexibility index (Phi) is 6.39. The molecule has 3 N–H and O–H groups in total. The van der Waals surface area contributed by atoms with Crippen LogP contribution in [0.15, 0.2) is 23.9 Å². The summed E-state index contributed by atoms with van der Waals surface area (Å²) in [6.45, 7) is 9.01. The van der Waals surface area contributed by atoms with Crippen LogP contribution in [0.5, 0.6) is 0 Å². The van der Waals surface area contributed by atoms with E-state index < -0.39 is 0 Å².